The fourth-order valence-corrected chi connectivity index (χ4v) is 2.42. The van der Waals surface area contributed by atoms with E-state index in [4.69, 9.17) is 5.73 Å². The minimum atomic E-state index is 0.699. The molecule has 0 saturated heterocycles. The fraction of sp³-hybridized carbons (Fsp3) is 0.312. The molecular weight excluding hydrogens is 328 g/mol. The lowest BCUT2D eigenvalue weighted by Gasteiger charge is -2.25. The van der Waals surface area contributed by atoms with Gasteiger partial charge in [-0.15, -0.1) is 0 Å². The summed E-state index contributed by atoms with van der Waals surface area (Å²) in [6.07, 6.45) is 2.82. The van der Waals surface area contributed by atoms with Crippen molar-refractivity contribution < 1.29 is 0 Å². The molecule has 2 rings (SSSR count). The standard InChI is InChI=1S/C16H21BrN4/c1-20(2)11-4-12-21(14-8-6-13(17)7-9-14)16-15(18)5-3-10-19-16/h3,5-10H,4,11-12,18H2,1-2H3. The lowest BCUT2D eigenvalue weighted by atomic mass is 10.2. The molecule has 0 amide bonds. The summed E-state index contributed by atoms with van der Waals surface area (Å²) >= 11 is 3.47. The molecule has 1 aromatic carbocycles. The number of nitrogens with zero attached hydrogens (tertiary/aromatic N) is 3. The van der Waals surface area contributed by atoms with Gasteiger partial charge in [-0.25, -0.2) is 4.98 Å². The zero-order valence-electron chi connectivity index (χ0n) is 12.5. The van der Waals surface area contributed by atoms with Gasteiger partial charge in [-0.3, -0.25) is 0 Å². The summed E-state index contributed by atoms with van der Waals surface area (Å²) in [5.74, 6) is 0.818. The van der Waals surface area contributed by atoms with Gasteiger partial charge in [-0.05, 0) is 63.5 Å². The van der Waals surface area contributed by atoms with Crippen LogP contribution in [-0.4, -0.2) is 37.1 Å². The Morgan fingerprint density at radius 3 is 2.43 bits per heavy atom. The van der Waals surface area contributed by atoms with E-state index < -0.39 is 0 Å². The van der Waals surface area contributed by atoms with Crippen LogP contribution < -0.4 is 10.6 Å². The monoisotopic (exact) mass is 348 g/mol. The highest BCUT2D eigenvalue weighted by Crippen LogP contribution is 2.29. The number of halogens is 1. The molecule has 0 fully saturated rings. The maximum Gasteiger partial charge on any atom is 0.156 e. The molecule has 0 saturated carbocycles. The van der Waals surface area contributed by atoms with Crippen LogP contribution in [0.2, 0.25) is 0 Å². The molecule has 0 radical (unpaired) electrons. The number of nitrogen functional groups attached to an aromatic ring is 1. The lowest BCUT2D eigenvalue weighted by molar-refractivity contribution is 0.402. The van der Waals surface area contributed by atoms with E-state index in [1.54, 1.807) is 6.20 Å². The lowest BCUT2D eigenvalue weighted by Crippen LogP contribution is -2.24. The van der Waals surface area contributed by atoms with E-state index in [0.717, 1.165) is 35.5 Å². The summed E-state index contributed by atoms with van der Waals surface area (Å²) in [6.45, 7) is 1.90. The van der Waals surface area contributed by atoms with Crippen LogP contribution >= 0.6 is 15.9 Å². The third kappa shape index (κ3) is 4.44. The number of rotatable bonds is 6. The number of anilines is 3. The van der Waals surface area contributed by atoms with Gasteiger partial charge >= 0.3 is 0 Å². The average molecular weight is 349 g/mol. The molecule has 0 unspecified atom stereocenters. The Morgan fingerprint density at radius 2 is 1.81 bits per heavy atom. The molecule has 2 N–H and O–H groups in total. The molecule has 0 aliphatic rings. The van der Waals surface area contributed by atoms with E-state index in [1.807, 2.05) is 24.3 Å². The molecule has 0 spiro atoms. The van der Waals surface area contributed by atoms with Gasteiger partial charge in [0.05, 0.1) is 5.69 Å². The van der Waals surface area contributed by atoms with E-state index in [2.05, 4.69) is 56.9 Å². The molecule has 0 bridgehead atoms. The molecule has 4 nitrogen and oxygen atoms in total. The number of nitrogens with two attached hydrogens (primary N) is 1. The van der Waals surface area contributed by atoms with Gasteiger partial charge in [0.15, 0.2) is 5.82 Å². The maximum absolute atomic E-state index is 6.10. The third-order valence-corrected chi connectivity index (χ3v) is 3.73. The predicted octanol–water partition coefficient (Wildman–Crippen LogP) is 3.52. The first-order chi connectivity index (χ1) is 10.1. The zero-order chi connectivity index (χ0) is 15.2. The highest BCUT2D eigenvalue weighted by Gasteiger charge is 2.13. The van der Waals surface area contributed by atoms with Gasteiger partial charge in [-0.2, -0.15) is 0 Å². The highest BCUT2D eigenvalue weighted by molar-refractivity contribution is 9.10. The van der Waals surface area contributed by atoms with Crippen molar-refractivity contribution in [1.29, 1.82) is 0 Å². The fourth-order valence-electron chi connectivity index (χ4n) is 2.16. The number of benzene rings is 1. The Balaban J connectivity index is 2.26. The van der Waals surface area contributed by atoms with Crippen LogP contribution in [0.4, 0.5) is 17.2 Å². The van der Waals surface area contributed by atoms with Crippen LogP contribution in [0.25, 0.3) is 0 Å². The molecule has 1 aromatic heterocycles. The number of hydrogen-bond donors (Lipinski definition) is 1. The van der Waals surface area contributed by atoms with Gasteiger partial charge < -0.3 is 15.5 Å². The van der Waals surface area contributed by atoms with E-state index in [0.29, 0.717) is 5.69 Å². The summed E-state index contributed by atoms with van der Waals surface area (Å²) in [7, 11) is 4.16. The molecule has 0 atom stereocenters. The first-order valence-electron chi connectivity index (χ1n) is 6.96. The normalized spacial score (nSPS) is 10.9. The SMILES string of the molecule is CN(C)CCCN(c1ccc(Br)cc1)c1ncccc1N. The Kier molecular flexibility index (Phi) is 5.59. The van der Waals surface area contributed by atoms with Crippen LogP contribution in [0.1, 0.15) is 6.42 Å². The summed E-state index contributed by atoms with van der Waals surface area (Å²) in [5, 5.41) is 0. The quantitative estimate of drug-likeness (QED) is 0.867. The smallest absolute Gasteiger partial charge is 0.156 e. The Hall–Kier alpha value is -1.59. The van der Waals surface area contributed by atoms with E-state index in [1.165, 1.54) is 0 Å². The number of hydrogen-bond acceptors (Lipinski definition) is 4. The molecule has 0 aliphatic carbocycles. The van der Waals surface area contributed by atoms with Gasteiger partial charge in [0, 0.05) is 22.9 Å². The minimum Gasteiger partial charge on any atom is -0.396 e. The molecule has 5 heteroatoms. The van der Waals surface area contributed by atoms with E-state index >= 15 is 0 Å². The second-order valence-corrected chi connectivity index (χ2v) is 6.12. The summed E-state index contributed by atoms with van der Waals surface area (Å²) in [6, 6.07) is 12.0. The van der Waals surface area contributed by atoms with Gasteiger partial charge in [0.1, 0.15) is 0 Å². The van der Waals surface area contributed by atoms with Crippen molar-refractivity contribution in [3.05, 3.63) is 47.1 Å². The largest absolute Gasteiger partial charge is 0.396 e. The van der Waals surface area contributed by atoms with Crippen LogP contribution in [0.15, 0.2) is 47.1 Å². The first kappa shape index (κ1) is 15.8. The maximum atomic E-state index is 6.10. The number of aromatic nitrogens is 1. The Morgan fingerprint density at radius 1 is 1.10 bits per heavy atom. The first-order valence-corrected chi connectivity index (χ1v) is 7.75. The minimum absolute atomic E-state index is 0.699. The molecule has 112 valence electrons. The summed E-state index contributed by atoms with van der Waals surface area (Å²) in [4.78, 5) is 8.80. The van der Waals surface area contributed by atoms with Crippen molar-refractivity contribution >= 4 is 33.1 Å². The van der Waals surface area contributed by atoms with Crippen molar-refractivity contribution in [2.24, 2.45) is 0 Å². The van der Waals surface area contributed by atoms with Crippen molar-refractivity contribution in [2.45, 2.75) is 6.42 Å². The molecular formula is C16H21BrN4. The van der Waals surface area contributed by atoms with Crippen molar-refractivity contribution in [1.82, 2.24) is 9.88 Å². The number of pyridine rings is 1. The van der Waals surface area contributed by atoms with Crippen LogP contribution in [0.3, 0.4) is 0 Å². The summed E-state index contributed by atoms with van der Waals surface area (Å²) in [5.41, 5.74) is 7.90. The molecule has 2 aromatic rings. The Labute approximate surface area is 134 Å². The topological polar surface area (TPSA) is 45.4 Å². The predicted molar refractivity (Wildman–Crippen MR) is 93.0 cm³/mol. The average Bonchev–Trinajstić information content (AvgIpc) is 2.46. The second-order valence-electron chi connectivity index (χ2n) is 5.20. The zero-order valence-corrected chi connectivity index (χ0v) is 14.0. The highest BCUT2D eigenvalue weighted by atomic mass is 79.9. The summed E-state index contributed by atoms with van der Waals surface area (Å²) < 4.78 is 1.06. The second kappa shape index (κ2) is 7.43. The molecule has 21 heavy (non-hydrogen) atoms. The van der Waals surface area contributed by atoms with Crippen molar-refractivity contribution in [3.63, 3.8) is 0 Å². The van der Waals surface area contributed by atoms with E-state index in [-0.39, 0.29) is 0 Å². The molecule has 1 heterocycles. The van der Waals surface area contributed by atoms with Crippen molar-refractivity contribution in [3.8, 4) is 0 Å². The third-order valence-electron chi connectivity index (χ3n) is 3.20. The molecule has 0 aliphatic heterocycles. The van der Waals surface area contributed by atoms with Gasteiger partial charge in [-0.1, -0.05) is 15.9 Å². The van der Waals surface area contributed by atoms with Crippen LogP contribution in [0.5, 0.6) is 0 Å². The van der Waals surface area contributed by atoms with Gasteiger partial charge in [0.2, 0.25) is 0 Å². The van der Waals surface area contributed by atoms with E-state index in [9.17, 15) is 0 Å². The van der Waals surface area contributed by atoms with Crippen molar-refractivity contribution in [2.75, 3.05) is 37.8 Å². The van der Waals surface area contributed by atoms with Crippen LogP contribution in [-0.2, 0) is 0 Å². The van der Waals surface area contributed by atoms with Crippen LogP contribution in [0, 0.1) is 0 Å². The van der Waals surface area contributed by atoms with Gasteiger partial charge in [0.25, 0.3) is 0 Å². The Bertz CT molecular complexity index is 569.